The van der Waals surface area contributed by atoms with Crippen LogP contribution in [0.4, 0.5) is 10.2 Å². The number of aliphatic hydroxyl groups excluding tert-OH is 1. The first-order valence-corrected chi connectivity index (χ1v) is 26.0. The number of pyridine rings is 1. The number of esters is 1. The lowest BCUT2D eigenvalue weighted by atomic mass is 9.65. The smallest absolute Gasteiger partial charge is 0.351 e. The number of oxime groups is 1. The Morgan fingerprint density at radius 1 is 1.10 bits per heavy atom. The van der Waals surface area contributed by atoms with Crippen LogP contribution in [0.1, 0.15) is 126 Å². The van der Waals surface area contributed by atoms with Crippen LogP contribution < -0.4 is 16.4 Å². The largest absolute Gasteiger partial charge is 0.457 e. The van der Waals surface area contributed by atoms with Crippen LogP contribution in [0.3, 0.4) is 0 Å². The van der Waals surface area contributed by atoms with E-state index < -0.39 is 94.6 Å². The normalized spacial score (nSPS) is 34.6. The average molecular weight is 1030 g/mol. The summed E-state index contributed by atoms with van der Waals surface area (Å²) >= 11 is 1.29. The van der Waals surface area contributed by atoms with Crippen LogP contribution in [0.25, 0.3) is 10.6 Å². The predicted molar refractivity (Wildman–Crippen MR) is 270 cm³/mol. The summed E-state index contributed by atoms with van der Waals surface area (Å²) in [7, 11) is 3.68. The Morgan fingerprint density at radius 3 is 2.43 bits per heavy atom. The third kappa shape index (κ3) is 13.9. The number of fused-ring (bicyclic) bond motifs is 5. The number of carbonyl (C=O) groups is 5. The number of halogens is 1. The summed E-state index contributed by atoms with van der Waals surface area (Å²) < 4.78 is 36.1. The lowest BCUT2D eigenvalue weighted by molar-refractivity contribution is -0.287. The highest BCUT2D eigenvalue weighted by Gasteiger charge is 2.56. The van der Waals surface area contributed by atoms with Crippen molar-refractivity contribution >= 4 is 58.1 Å². The van der Waals surface area contributed by atoms with Gasteiger partial charge in [-0.25, -0.2) is 19.2 Å². The SMILES string of the molecule is CCC(=O)/N=C1\[C@H](C)C[C@@]2(C)CC/C(=N/OCc3ccc(-c4nc(NC(=O)CNC(=O)[C@H](C)N)cs4)cn3)CC[C@H]([C@H]1C)[C@](C)(O)[C@@H](CC)OC(=O)[C@@](C)(F)C(=O)[C@H](C)[C@H]2O[C@@H]1O[C@H](C)C[C@H](N(C)C)[C@H]1O. The van der Waals surface area contributed by atoms with Crippen LogP contribution in [-0.2, 0) is 49.6 Å². The minimum atomic E-state index is -3.16. The standard InChI is InChI=1S/C51H77FN8O11S/c1-13-37-51(10,67)35-18-17-33(59-68-25-34-16-15-32(23-54-34)46-57-38(26-72-46)56-40(62)24-55-45(65)31(7)53)19-20-49(8,22-27(3)41(29(35)5)58-39(61)14-2)44(30(6)43(64)50(9,52)48(66)70-37)71-47-42(63)36(60(11)12)21-28(4)69-47/h15-16,23,26-31,35-37,42,44,47,63,67H,13-14,17-22,24-25,53H2,1-12H3,(H,55,65)(H,56,62)/b58-41+,59-33+/t27-,28-,29-,30+,31+,35-,36+,37-,42-,44-,47+,49-,50+,51+/m1/s1. The number of rotatable bonds is 13. The van der Waals surface area contributed by atoms with Gasteiger partial charge < -0.3 is 50.5 Å². The fourth-order valence-corrected chi connectivity index (χ4v) is 11.3. The Bertz CT molecular complexity index is 2290. The number of ether oxygens (including phenoxy) is 3. The second-order valence-electron chi connectivity index (χ2n) is 20.9. The number of aromatic nitrogens is 2. The molecule has 0 spiro atoms. The first kappa shape index (κ1) is 58.3. The maximum Gasteiger partial charge on any atom is 0.351 e. The van der Waals surface area contributed by atoms with E-state index >= 15 is 4.39 Å². The van der Waals surface area contributed by atoms with Crippen molar-refractivity contribution in [2.75, 3.05) is 26.0 Å². The number of aliphatic imine (C=N–C) groups is 1. The molecule has 19 nitrogen and oxygen atoms in total. The topological polar surface area (TPSA) is 267 Å². The number of carbonyl (C=O) groups excluding carboxylic acids is 5. The van der Waals surface area contributed by atoms with Gasteiger partial charge in [-0.05, 0) is 116 Å². The number of Topliss-reactive ketones (excluding diaryl/α,β-unsaturated/α-hetero) is 1. The number of ketones is 1. The van der Waals surface area contributed by atoms with E-state index in [9.17, 15) is 34.2 Å². The van der Waals surface area contributed by atoms with Crippen LogP contribution in [0.15, 0.2) is 33.9 Å². The number of anilines is 1. The van der Waals surface area contributed by atoms with E-state index in [2.05, 4.69) is 25.8 Å². The third-order valence-corrected chi connectivity index (χ3v) is 15.6. The molecular formula is C51H77FN8O11S. The number of thiazole rings is 1. The van der Waals surface area contributed by atoms with E-state index in [4.69, 9.17) is 29.8 Å². The van der Waals surface area contributed by atoms with Gasteiger partial charge in [0.1, 0.15) is 28.6 Å². The van der Waals surface area contributed by atoms with Crippen LogP contribution in [-0.4, -0.2) is 141 Å². The molecule has 0 aromatic carbocycles. The van der Waals surface area contributed by atoms with Crippen molar-refractivity contribution in [1.29, 1.82) is 0 Å². The number of alkyl halides is 1. The van der Waals surface area contributed by atoms with Crippen LogP contribution in [0, 0.1) is 29.1 Å². The average Bonchev–Trinajstić information content (AvgIpc) is 3.79. The molecule has 6 N–H and O–H groups in total. The summed E-state index contributed by atoms with van der Waals surface area (Å²) in [6.07, 6.45) is -1.60. The second-order valence-corrected chi connectivity index (χ2v) is 21.7. The van der Waals surface area contributed by atoms with Crippen LogP contribution in [0.2, 0.25) is 0 Å². The maximum atomic E-state index is 17.1. The van der Waals surface area contributed by atoms with E-state index in [1.165, 1.54) is 32.1 Å². The number of amides is 3. The van der Waals surface area contributed by atoms with Crippen molar-refractivity contribution < 1.29 is 57.6 Å². The van der Waals surface area contributed by atoms with Crippen molar-refractivity contribution in [3.05, 3.63) is 29.4 Å². The van der Waals surface area contributed by atoms with Gasteiger partial charge >= 0.3 is 5.97 Å². The summed E-state index contributed by atoms with van der Waals surface area (Å²) in [6.45, 7) is 16.2. The number of nitrogens with two attached hydrogens (primary N) is 1. The lowest BCUT2D eigenvalue weighted by Crippen LogP contribution is -2.59. The lowest BCUT2D eigenvalue weighted by Gasteiger charge is -2.48. The molecule has 1 saturated carbocycles. The second kappa shape index (κ2) is 24.6. The van der Waals surface area contributed by atoms with Crippen molar-refractivity contribution in [3.63, 3.8) is 0 Å². The summed E-state index contributed by atoms with van der Waals surface area (Å²) in [4.78, 5) is 87.8. The number of nitrogens with zero attached hydrogens (tertiary/aromatic N) is 5. The Hall–Kier alpha value is -4.64. The van der Waals surface area contributed by atoms with Gasteiger partial charge in [0.25, 0.3) is 5.67 Å². The summed E-state index contributed by atoms with van der Waals surface area (Å²) in [5.41, 5.74) is 1.82. The first-order valence-electron chi connectivity index (χ1n) is 25.1. The zero-order chi connectivity index (χ0) is 53.5. The van der Waals surface area contributed by atoms with Gasteiger partial charge in [0.15, 0.2) is 18.7 Å². The Labute approximate surface area is 426 Å². The molecule has 5 rings (SSSR count). The van der Waals surface area contributed by atoms with E-state index in [0.29, 0.717) is 39.9 Å². The molecule has 3 aliphatic rings. The monoisotopic (exact) mass is 1030 g/mol. The van der Waals surface area contributed by atoms with Crippen molar-refractivity contribution in [1.82, 2.24) is 20.2 Å². The van der Waals surface area contributed by atoms with E-state index in [1.54, 1.807) is 31.5 Å². The van der Waals surface area contributed by atoms with Gasteiger partial charge in [0, 0.05) is 47.2 Å². The van der Waals surface area contributed by atoms with Crippen LogP contribution >= 0.6 is 11.3 Å². The molecule has 2 saturated heterocycles. The van der Waals surface area contributed by atoms with Gasteiger partial charge in [-0.15, -0.1) is 11.3 Å². The number of hydrogen-bond acceptors (Lipinski definition) is 17. The molecule has 3 amide bonds. The van der Waals surface area contributed by atoms with Gasteiger partial charge in [-0.1, -0.05) is 46.7 Å². The zero-order valence-electron chi connectivity index (χ0n) is 43.9. The molecule has 0 unspecified atom stereocenters. The molecule has 3 fully saturated rings. The molecule has 14 atom stereocenters. The zero-order valence-corrected chi connectivity index (χ0v) is 44.7. The molecule has 1 aliphatic carbocycles. The minimum absolute atomic E-state index is 0.0276. The van der Waals surface area contributed by atoms with E-state index in [0.717, 1.165) is 6.92 Å². The van der Waals surface area contributed by atoms with Gasteiger partial charge in [-0.3, -0.25) is 24.2 Å². The highest BCUT2D eigenvalue weighted by atomic mass is 32.1. The molecule has 0 radical (unpaired) electrons. The Balaban J connectivity index is 1.54. The van der Waals surface area contributed by atoms with Gasteiger partial charge in [0.05, 0.1) is 36.2 Å². The molecular weight excluding hydrogens is 952 g/mol. The minimum Gasteiger partial charge on any atom is -0.457 e. The number of hydrogen-bond donors (Lipinski definition) is 5. The van der Waals surface area contributed by atoms with Crippen molar-refractivity contribution in [2.24, 2.45) is 45.0 Å². The molecule has 2 aliphatic heterocycles. The molecule has 400 valence electrons. The number of aliphatic hydroxyl groups is 2. The van der Waals surface area contributed by atoms with E-state index in [1.807, 2.05) is 52.8 Å². The summed E-state index contributed by atoms with van der Waals surface area (Å²) in [6, 6.07) is 2.44. The maximum absolute atomic E-state index is 17.1. The highest BCUT2D eigenvalue weighted by molar-refractivity contribution is 7.13. The summed E-state index contributed by atoms with van der Waals surface area (Å²) in [5.74, 6) is -6.61. The fourth-order valence-electron chi connectivity index (χ4n) is 10.5. The highest BCUT2D eigenvalue weighted by Crippen LogP contribution is 2.47. The quantitative estimate of drug-likeness (QED) is 0.0936. The number of nitrogens with one attached hydrogen (secondary N) is 2. The van der Waals surface area contributed by atoms with E-state index in [-0.39, 0.29) is 76.2 Å². The molecule has 2 aromatic rings. The summed E-state index contributed by atoms with van der Waals surface area (Å²) in [5, 5.41) is 36.5. The Morgan fingerprint density at radius 2 is 1.81 bits per heavy atom. The number of cyclic esters (lactones) is 1. The third-order valence-electron chi connectivity index (χ3n) is 14.7. The Kier molecular flexibility index (Phi) is 19.9. The van der Waals surface area contributed by atoms with Crippen LogP contribution in [0.5, 0.6) is 0 Å². The molecule has 2 aromatic heterocycles. The fraction of sp³-hybridized carbons (Fsp3) is 0.706. The van der Waals surface area contributed by atoms with Crippen molar-refractivity contribution in [2.45, 2.75) is 181 Å². The molecule has 4 heterocycles. The first-order chi connectivity index (χ1) is 33.7. The van der Waals surface area contributed by atoms with Crippen molar-refractivity contribution in [3.8, 4) is 10.6 Å². The molecule has 72 heavy (non-hydrogen) atoms. The van der Waals surface area contributed by atoms with Gasteiger partial charge in [0.2, 0.25) is 17.7 Å². The number of likely N-dealkylation sites (N-methyl/N-ethyl adjacent to an activating group) is 1. The molecule has 21 heteroatoms. The predicted octanol–water partition coefficient (Wildman–Crippen LogP) is 5.55. The van der Waals surface area contributed by atoms with Gasteiger partial charge in [-0.2, -0.15) is 0 Å². The molecule has 2 bridgehead atoms.